The molecular formula is C15H25N3O2. The highest BCUT2D eigenvalue weighted by atomic mass is 16.2. The van der Waals surface area contributed by atoms with Crippen molar-refractivity contribution in [3.05, 3.63) is 0 Å². The molecule has 0 aromatic heterocycles. The number of hydrogen-bond donors (Lipinski definition) is 2. The van der Waals surface area contributed by atoms with E-state index in [0.29, 0.717) is 24.2 Å². The van der Waals surface area contributed by atoms with Crippen molar-refractivity contribution < 1.29 is 9.59 Å². The van der Waals surface area contributed by atoms with Crippen molar-refractivity contribution >= 4 is 11.8 Å². The van der Waals surface area contributed by atoms with Gasteiger partial charge in [-0.3, -0.25) is 9.59 Å². The van der Waals surface area contributed by atoms with E-state index in [1.54, 1.807) is 0 Å². The second-order valence-corrected chi connectivity index (χ2v) is 6.50. The maximum absolute atomic E-state index is 12.0. The lowest BCUT2D eigenvalue weighted by molar-refractivity contribution is -0.133. The molecule has 20 heavy (non-hydrogen) atoms. The Morgan fingerprint density at radius 2 is 1.85 bits per heavy atom. The van der Waals surface area contributed by atoms with Crippen LogP contribution in [-0.4, -0.2) is 48.9 Å². The summed E-state index contributed by atoms with van der Waals surface area (Å²) >= 11 is 0. The van der Waals surface area contributed by atoms with Crippen LogP contribution in [-0.2, 0) is 9.59 Å². The van der Waals surface area contributed by atoms with Gasteiger partial charge in [0, 0.05) is 31.5 Å². The average molecular weight is 279 g/mol. The van der Waals surface area contributed by atoms with Crippen molar-refractivity contribution in [1.29, 1.82) is 0 Å². The lowest BCUT2D eigenvalue weighted by Crippen LogP contribution is -2.47. The van der Waals surface area contributed by atoms with E-state index < -0.39 is 0 Å². The van der Waals surface area contributed by atoms with E-state index in [1.807, 2.05) is 4.90 Å². The van der Waals surface area contributed by atoms with E-state index in [4.69, 9.17) is 0 Å². The predicted molar refractivity (Wildman–Crippen MR) is 76.1 cm³/mol. The molecule has 2 N–H and O–H groups in total. The third-order valence-corrected chi connectivity index (χ3v) is 4.73. The molecule has 1 saturated carbocycles. The number of nitrogens with zero attached hydrogens (tertiary/aromatic N) is 1. The Labute approximate surface area is 120 Å². The van der Waals surface area contributed by atoms with Gasteiger partial charge in [-0.25, -0.2) is 0 Å². The summed E-state index contributed by atoms with van der Waals surface area (Å²) in [6.07, 6.45) is 5.73. The van der Waals surface area contributed by atoms with Crippen LogP contribution in [0.15, 0.2) is 0 Å². The molecule has 3 aliphatic rings. The topological polar surface area (TPSA) is 61.4 Å². The van der Waals surface area contributed by atoms with Crippen LogP contribution in [0.5, 0.6) is 0 Å². The molecule has 1 unspecified atom stereocenters. The summed E-state index contributed by atoms with van der Waals surface area (Å²) in [6.45, 7) is 3.64. The van der Waals surface area contributed by atoms with Crippen LogP contribution in [0.4, 0.5) is 0 Å². The fourth-order valence-electron chi connectivity index (χ4n) is 3.27. The number of amides is 2. The number of carbonyl (C=O) groups is 2. The molecule has 3 fully saturated rings. The Morgan fingerprint density at radius 3 is 2.45 bits per heavy atom. The first-order valence-electron chi connectivity index (χ1n) is 8.01. The van der Waals surface area contributed by atoms with E-state index in [1.165, 1.54) is 0 Å². The molecule has 5 nitrogen and oxygen atoms in total. The normalized spacial score (nSPS) is 27.6. The van der Waals surface area contributed by atoms with Crippen LogP contribution in [0.25, 0.3) is 0 Å². The number of piperidine rings is 1. The Bertz CT molecular complexity index is 367. The molecular weight excluding hydrogens is 254 g/mol. The number of likely N-dealkylation sites (tertiary alicyclic amines) is 1. The standard InChI is InChI=1S/C15H25N3O2/c19-14(9-11-3-6-16-10-11)17-13-4-7-18(8-5-13)15(20)12-1-2-12/h11-13,16H,1-10H2,(H,17,19). The minimum Gasteiger partial charge on any atom is -0.353 e. The molecule has 1 aliphatic carbocycles. The summed E-state index contributed by atoms with van der Waals surface area (Å²) in [7, 11) is 0. The monoisotopic (exact) mass is 279 g/mol. The van der Waals surface area contributed by atoms with Gasteiger partial charge in [0.1, 0.15) is 0 Å². The van der Waals surface area contributed by atoms with Crippen molar-refractivity contribution in [2.45, 2.75) is 44.6 Å². The van der Waals surface area contributed by atoms with Crippen LogP contribution in [0.3, 0.4) is 0 Å². The van der Waals surface area contributed by atoms with Gasteiger partial charge in [0.2, 0.25) is 11.8 Å². The Balaban J connectivity index is 1.37. The molecule has 0 radical (unpaired) electrons. The molecule has 0 spiro atoms. The summed E-state index contributed by atoms with van der Waals surface area (Å²) in [5, 5.41) is 6.44. The summed E-state index contributed by atoms with van der Waals surface area (Å²) < 4.78 is 0. The first-order chi connectivity index (χ1) is 9.72. The predicted octanol–water partition coefficient (Wildman–Crippen LogP) is 0.503. The number of hydrogen-bond acceptors (Lipinski definition) is 3. The van der Waals surface area contributed by atoms with E-state index in [0.717, 1.165) is 58.3 Å². The van der Waals surface area contributed by atoms with Crippen molar-refractivity contribution in [3.8, 4) is 0 Å². The lowest BCUT2D eigenvalue weighted by Gasteiger charge is -2.32. The highest BCUT2D eigenvalue weighted by Crippen LogP contribution is 2.31. The van der Waals surface area contributed by atoms with Crippen molar-refractivity contribution in [2.75, 3.05) is 26.2 Å². The second kappa shape index (κ2) is 6.12. The van der Waals surface area contributed by atoms with Gasteiger partial charge >= 0.3 is 0 Å². The third kappa shape index (κ3) is 3.51. The fourth-order valence-corrected chi connectivity index (χ4v) is 3.27. The first-order valence-corrected chi connectivity index (χ1v) is 8.01. The lowest BCUT2D eigenvalue weighted by atomic mass is 10.0. The second-order valence-electron chi connectivity index (χ2n) is 6.50. The summed E-state index contributed by atoms with van der Waals surface area (Å²) in [5.41, 5.74) is 0. The highest BCUT2D eigenvalue weighted by Gasteiger charge is 2.35. The van der Waals surface area contributed by atoms with E-state index in [9.17, 15) is 9.59 Å². The molecule has 0 bridgehead atoms. The molecule has 0 aromatic carbocycles. The number of nitrogens with one attached hydrogen (secondary N) is 2. The zero-order valence-corrected chi connectivity index (χ0v) is 12.1. The van der Waals surface area contributed by atoms with Gasteiger partial charge in [-0.05, 0) is 51.1 Å². The average Bonchev–Trinajstić information content (AvgIpc) is 3.18. The van der Waals surface area contributed by atoms with Crippen molar-refractivity contribution in [1.82, 2.24) is 15.5 Å². The van der Waals surface area contributed by atoms with Crippen LogP contribution >= 0.6 is 0 Å². The Morgan fingerprint density at radius 1 is 1.10 bits per heavy atom. The van der Waals surface area contributed by atoms with E-state index in [-0.39, 0.29) is 11.9 Å². The third-order valence-electron chi connectivity index (χ3n) is 4.73. The van der Waals surface area contributed by atoms with Gasteiger partial charge in [-0.2, -0.15) is 0 Å². The minimum absolute atomic E-state index is 0.186. The zero-order valence-electron chi connectivity index (χ0n) is 12.1. The van der Waals surface area contributed by atoms with Gasteiger partial charge in [-0.15, -0.1) is 0 Å². The number of carbonyl (C=O) groups excluding carboxylic acids is 2. The van der Waals surface area contributed by atoms with Gasteiger partial charge in [0.25, 0.3) is 0 Å². The molecule has 112 valence electrons. The molecule has 1 atom stereocenters. The summed E-state index contributed by atoms with van der Waals surface area (Å²) in [4.78, 5) is 25.9. The molecule has 0 aromatic rings. The van der Waals surface area contributed by atoms with Crippen LogP contribution in [0, 0.1) is 11.8 Å². The molecule has 2 amide bonds. The van der Waals surface area contributed by atoms with Crippen LogP contribution in [0.1, 0.15) is 38.5 Å². The maximum Gasteiger partial charge on any atom is 0.225 e. The quantitative estimate of drug-likeness (QED) is 0.788. The molecule has 2 heterocycles. The molecule has 3 rings (SSSR count). The Kier molecular flexibility index (Phi) is 4.24. The van der Waals surface area contributed by atoms with Crippen molar-refractivity contribution in [3.63, 3.8) is 0 Å². The fraction of sp³-hybridized carbons (Fsp3) is 0.867. The largest absolute Gasteiger partial charge is 0.353 e. The zero-order chi connectivity index (χ0) is 13.9. The van der Waals surface area contributed by atoms with Crippen LogP contribution < -0.4 is 10.6 Å². The minimum atomic E-state index is 0.186. The smallest absolute Gasteiger partial charge is 0.225 e. The number of rotatable bonds is 4. The van der Waals surface area contributed by atoms with Gasteiger partial charge < -0.3 is 15.5 Å². The molecule has 5 heteroatoms. The summed E-state index contributed by atoms with van der Waals surface area (Å²) in [5.74, 6) is 1.35. The first kappa shape index (κ1) is 13.9. The van der Waals surface area contributed by atoms with Gasteiger partial charge in [0.15, 0.2) is 0 Å². The molecule has 2 saturated heterocycles. The van der Waals surface area contributed by atoms with E-state index >= 15 is 0 Å². The van der Waals surface area contributed by atoms with Gasteiger partial charge in [-0.1, -0.05) is 0 Å². The SMILES string of the molecule is O=C(CC1CCNC1)NC1CCN(C(=O)C2CC2)CC1. The maximum atomic E-state index is 12.0. The Hall–Kier alpha value is -1.10. The van der Waals surface area contributed by atoms with Crippen LogP contribution in [0.2, 0.25) is 0 Å². The summed E-state index contributed by atoms with van der Waals surface area (Å²) in [6, 6.07) is 0.264. The highest BCUT2D eigenvalue weighted by molar-refractivity contribution is 5.81. The van der Waals surface area contributed by atoms with E-state index in [2.05, 4.69) is 10.6 Å². The molecule has 2 aliphatic heterocycles. The van der Waals surface area contributed by atoms with Crippen molar-refractivity contribution in [2.24, 2.45) is 11.8 Å². The van der Waals surface area contributed by atoms with Gasteiger partial charge in [0.05, 0.1) is 0 Å².